The highest BCUT2D eigenvalue weighted by Crippen LogP contribution is 2.31. The van der Waals surface area contributed by atoms with Crippen molar-refractivity contribution in [3.8, 4) is 11.3 Å². The number of Topliss-reactive ketones (excluding diaryl/α,β-unsaturated/α-hetero) is 1. The van der Waals surface area contributed by atoms with Crippen LogP contribution in [-0.2, 0) is 6.42 Å². The van der Waals surface area contributed by atoms with Crippen molar-refractivity contribution in [1.82, 2.24) is 19.6 Å². The molecule has 1 amide bonds. The number of benzene rings is 2. The quantitative estimate of drug-likeness (QED) is 0.372. The van der Waals surface area contributed by atoms with Gasteiger partial charge in [-0.05, 0) is 87.1 Å². The molecule has 0 aliphatic heterocycles. The molecule has 0 saturated carbocycles. The Labute approximate surface area is 204 Å². The van der Waals surface area contributed by atoms with Crippen LogP contribution in [0.1, 0.15) is 39.1 Å². The maximum absolute atomic E-state index is 12.4. The average Bonchev–Trinajstić information content (AvgIpc) is 3.49. The molecule has 0 unspecified atom stereocenters. The van der Waals surface area contributed by atoms with Gasteiger partial charge in [-0.2, -0.15) is 0 Å². The topological polar surface area (TPSA) is 78.7 Å². The predicted octanol–water partition coefficient (Wildman–Crippen LogP) is 4.56. The number of nitrogens with zero attached hydrogens (tertiary/aromatic N) is 3. The Morgan fingerprint density at radius 3 is 2.69 bits per heavy atom. The van der Waals surface area contributed by atoms with Gasteiger partial charge in [0, 0.05) is 42.2 Å². The molecular weight excluding hydrogens is 438 g/mol. The summed E-state index contributed by atoms with van der Waals surface area (Å²) < 4.78 is 2.05. The van der Waals surface area contributed by atoms with Crippen molar-refractivity contribution in [1.29, 1.82) is 0 Å². The van der Waals surface area contributed by atoms with Gasteiger partial charge in [0.15, 0.2) is 11.4 Å². The standard InChI is InChI=1S/C28H29N5O2/c1-32(2)16-3-14-30-28(35)19-4-8-22(9-5-19)31-24-11-12-25(33-17-15-29-27(24)33)21-6-10-23-20(18-21)7-13-26(23)34/h4-6,8-12,15,17-18,31H,3,7,13-14,16H2,1-2H3,(H,30,35). The van der Waals surface area contributed by atoms with E-state index in [1.54, 1.807) is 6.20 Å². The van der Waals surface area contributed by atoms with Gasteiger partial charge < -0.3 is 15.5 Å². The van der Waals surface area contributed by atoms with Crippen LogP contribution in [0.2, 0.25) is 0 Å². The number of anilines is 2. The van der Waals surface area contributed by atoms with E-state index in [4.69, 9.17) is 0 Å². The van der Waals surface area contributed by atoms with Crippen molar-refractivity contribution >= 4 is 28.7 Å². The lowest BCUT2D eigenvalue weighted by atomic mass is 10.0. The Bertz CT molecular complexity index is 1390. The summed E-state index contributed by atoms with van der Waals surface area (Å²) in [5.74, 6) is 0.165. The van der Waals surface area contributed by atoms with E-state index >= 15 is 0 Å². The lowest BCUT2D eigenvalue weighted by Crippen LogP contribution is -2.27. The van der Waals surface area contributed by atoms with Crippen molar-refractivity contribution in [3.63, 3.8) is 0 Å². The lowest BCUT2D eigenvalue weighted by Gasteiger charge is -2.13. The third-order valence-electron chi connectivity index (χ3n) is 6.37. The van der Waals surface area contributed by atoms with Crippen molar-refractivity contribution in [2.45, 2.75) is 19.3 Å². The van der Waals surface area contributed by atoms with Gasteiger partial charge >= 0.3 is 0 Å². The highest BCUT2D eigenvalue weighted by atomic mass is 16.1. The lowest BCUT2D eigenvalue weighted by molar-refractivity contribution is 0.0951. The molecule has 7 nitrogen and oxygen atoms in total. The molecule has 0 saturated heterocycles. The second kappa shape index (κ2) is 9.72. The largest absolute Gasteiger partial charge is 0.352 e. The first-order valence-electron chi connectivity index (χ1n) is 11.9. The third-order valence-corrected chi connectivity index (χ3v) is 6.37. The van der Waals surface area contributed by atoms with Crippen LogP contribution in [-0.4, -0.2) is 53.2 Å². The summed E-state index contributed by atoms with van der Waals surface area (Å²) in [5, 5.41) is 6.39. The SMILES string of the molecule is CN(C)CCCNC(=O)c1ccc(Nc2ccc(-c3ccc4c(c3)CCC4=O)n3ccnc23)cc1. The maximum Gasteiger partial charge on any atom is 0.251 e. The first-order chi connectivity index (χ1) is 17.0. The molecule has 2 heterocycles. The van der Waals surface area contributed by atoms with Gasteiger partial charge in [0.1, 0.15) is 0 Å². The molecule has 35 heavy (non-hydrogen) atoms. The normalized spacial score (nSPS) is 12.8. The van der Waals surface area contributed by atoms with E-state index in [2.05, 4.69) is 37.1 Å². The van der Waals surface area contributed by atoms with E-state index in [0.717, 1.165) is 58.8 Å². The molecule has 2 N–H and O–H groups in total. The number of hydrogen-bond acceptors (Lipinski definition) is 5. The Hall–Kier alpha value is -3.97. The minimum Gasteiger partial charge on any atom is -0.352 e. The monoisotopic (exact) mass is 467 g/mol. The van der Waals surface area contributed by atoms with Crippen molar-refractivity contribution in [2.75, 3.05) is 32.5 Å². The number of fused-ring (bicyclic) bond motifs is 2. The smallest absolute Gasteiger partial charge is 0.251 e. The van der Waals surface area contributed by atoms with Gasteiger partial charge in [0.2, 0.25) is 0 Å². The van der Waals surface area contributed by atoms with Crippen LogP contribution in [0, 0.1) is 0 Å². The first-order valence-corrected chi connectivity index (χ1v) is 11.9. The molecule has 0 atom stereocenters. The summed E-state index contributed by atoms with van der Waals surface area (Å²) in [6, 6.07) is 17.6. The molecule has 7 heteroatoms. The van der Waals surface area contributed by atoms with Gasteiger partial charge in [-0.1, -0.05) is 12.1 Å². The molecule has 1 aliphatic carbocycles. The number of carbonyl (C=O) groups is 2. The van der Waals surface area contributed by atoms with E-state index in [-0.39, 0.29) is 11.7 Å². The molecule has 0 spiro atoms. The molecule has 0 fully saturated rings. The van der Waals surface area contributed by atoms with Gasteiger partial charge in [-0.25, -0.2) is 4.98 Å². The van der Waals surface area contributed by atoms with Crippen LogP contribution in [0.25, 0.3) is 16.9 Å². The first kappa shape index (κ1) is 22.8. The number of ketones is 1. The number of rotatable bonds is 8. The Kier molecular flexibility index (Phi) is 6.33. The van der Waals surface area contributed by atoms with Crippen LogP contribution < -0.4 is 10.6 Å². The Balaban J connectivity index is 1.31. The van der Waals surface area contributed by atoms with Crippen LogP contribution >= 0.6 is 0 Å². The number of hydrogen-bond donors (Lipinski definition) is 2. The molecule has 178 valence electrons. The molecule has 1 aliphatic rings. The zero-order chi connectivity index (χ0) is 24.4. The summed E-state index contributed by atoms with van der Waals surface area (Å²) in [7, 11) is 4.04. The van der Waals surface area contributed by atoms with Gasteiger partial charge in [0.25, 0.3) is 5.91 Å². The van der Waals surface area contributed by atoms with E-state index in [1.165, 1.54) is 0 Å². The zero-order valence-electron chi connectivity index (χ0n) is 20.0. The number of carbonyl (C=O) groups excluding carboxylic acids is 2. The molecule has 5 rings (SSSR count). The number of nitrogens with one attached hydrogen (secondary N) is 2. The second-order valence-corrected chi connectivity index (χ2v) is 9.16. The molecule has 0 bridgehead atoms. The molecular formula is C28H29N5O2. The number of aryl methyl sites for hydroxylation is 1. The summed E-state index contributed by atoms with van der Waals surface area (Å²) >= 11 is 0. The number of pyridine rings is 1. The second-order valence-electron chi connectivity index (χ2n) is 9.16. The Morgan fingerprint density at radius 1 is 1.06 bits per heavy atom. The summed E-state index contributed by atoms with van der Waals surface area (Å²) in [6.07, 6.45) is 6.04. The van der Waals surface area contributed by atoms with E-state index in [0.29, 0.717) is 18.5 Å². The summed E-state index contributed by atoms with van der Waals surface area (Å²) in [4.78, 5) is 31.0. The van der Waals surface area contributed by atoms with E-state index in [9.17, 15) is 9.59 Å². The Morgan fingerprint density at radius 2 is 1.89 bits per heavy atom. The number of amides is 1. The predicted molar refractivity (Wildman–Crippen MR) is 139 cm³/mol. The summed E-state index contributed by atoms with van der Waals surface area (Å²) in [5.41, 5.74) is 7.24. The molecule has 2 aromatic carbocycles. The van der Waals surface area contributed by atoms with E-state index < -0.39 is 0 Å². The molecule has 0 radical (unpaired) electrons. The van der Waals surface area contributed by atoms with Crippen molar-refractivity contribution in [2.24, 2.45) is 0 Å². The van der Waals surface area contributed by atoms with Crippen molar-refractivity contribution in [3.05, 3.63) is 83.7 Å². The average molecular weight is 468 g/mol. The fourth-order valence-corrected chi connectivity index (χ4v) is 4.52. The van der Waals surface area contributed by atoms with E-state index in [1.807, 2.05) is 62.8 Å². The molecule has 4 aromatic rings. The number of aromatic nitrogens is 2. The molecule has 2 aromatic heterocycles. The third kappa shape index (κ3) is 4.81. The van der Waals surface area contributed by atoms with Crippen LogP contribution in [0.5, 0.6) is 0 Å². The zero-order valence-corrected chi connectivity index (χ0v) is 20.0. The van der Waals surface area contributed by atoms with Crippen molar-refractivity contribution < 1.29 is 9.59 Å². The highest BCUT2D eigenvalue weighted by Gasteiger charge is 2.20. The number of imidazole rings is 1. The fourth-order valence-electron chi connectivity index (χ4n) is 4.52. The summed E-state index contributed by atoms with van der Waals surface area (Å²) in [6.45, 7) is 1.60. The van der Waals surface area contributed by atoms with Crippen LogP contribution in [0.15, 0.2) is 67.0 Å². The minimum atomic E-state index is -0.0636. The maximum atomic E-state index is 12.4. The highest BCUT2D eigenvalue weighted by molar-refractivity contribution is 6.01. The fraction of sp³-hybridized carbons (Fsp3) is 0.250. The minimum absolute atomic E-state index is 0.0636. The van der Waals surface area contributed by atoms with Gasteiger partial charge in [-0.3, -0.25) is 14.0 Å². The van der Waals surface area contributed by atoms with Gasteiger partial charge in [-0.15, -0.1) is 0 Å². The van der Waals surface area contributed by atoms with Crippen LogP contribution in [0.4, 0.5) is 11.4 Å². The van der Waals surface area contributed by atoms with Gasteiger partial charge in [0.05, 0.1) is 11.4 Å². The van der Waals surface area contributed by atoms with Crippen LogP contribution in [0.3, 0.4) is 0 Å².